The Morgan fingerprint density at radius 2 is 1.90 bits per heavy atom. The van der Waals surface area contributed by atoms with Crippen molar-refractivity contribution in [2.45, 2.75) is 11.6 Å². The molecule has 1 N–H and O–H groups in total. The van der Waals surface area contributed by atoms with Crippen LogP contribution in [0.15, 0.2) is 41.8 Å². The van der Waals surface area contributed by atoms with Crippen LogP contribution in [0, 0.1) is 0 Å². The van der Waals surface area contributed by atoms with Crippen LogP contribution in [0.4, 0.5) is 16.2 Å². The lowest BCUT2D eigenvalue weighted by molar-refractivity contribution is -0.125. The lowest BCUT2D eigenvalue weighted by Gasteiger charge is -2.27. The maximum absolute atomic E-state index is 12.3. The highest BCUT2D eigenvalue weighted by molar-refractivity contribution is 7.12. The van der Waals surface area contributed by atoms with Gasteiger partial charge in [0.1, 0.15) is 12.1 Å². The molecule has 3 amide bonds. The molecule has 2 fully saturated rings. The van der Waals surface area contributed by atoms with Crippen LogP contribution in [0.5, 0.6) is 0 Å². The van der Waals surface area contributed by atoms with Crippen LogP contribution >= 0.6 is 22.9 Å². The predicted octanol–water partition coefficient (Wildman–Crippen LogP) is 2.43. The number of alkyl halides is 1. The zero-order valence-electron chi connectivity index (χ0n) is 15.2. The zero-order chi connectivity index (χ0) is 20.4. The molecule has 10 heteroatoms. The van der Waals surface area contributed by atoms with Crippen molar-refractivity contribution >= 4 is 52.2 Å². The van der Waals surface area contributed by atoms with Crippen molar-refractivity contribution in [1.82, 2.24) is 5.32 Å². The van der Waals surface area contributed by atoms with Gasteiger partial charge in [-0.15, -0.1) is 11.3 Å². The van der Waals surface area contributed by atoms with E-state index in [0.717, 1.165) is 5.69 Å². The molecule has 0 aliphatic carbocycles. The highest BCUT2D eigenvalue weighted by atomic mass is 35.5. The SMILES string of the molecule is O=C(NC(Cl)C1CN(c2ccc(N3CCOCC3=O)cc2)C(=O)O1)c1cccs1. The van der Waals surface area contributed by atoms with E-state index in [1.165, 1.54) is 16.2 Å². The summed E-state index contributed by atoms with van der Waals surface area (Å²) in [6.07, 6.45) is -1.23. The Hall–Kier alpha value is -2.62. The van der Waals surface area contributed by atoms with Gasteiger partial charge in [0, 0.05) is 17.9 Å². The minimum absolute atomic E-state index is 0.0657. The molecule has 0 saturated carbocycles. The molecule has 152 valence electrons. The van der Waals surface area contributed by atoms with Gasteiger partial charge in [0.15, 0.2) is 6.10 Å². The average molecular weight is 436 g/mol. The van der Waals surface area contributed by atoms with Crippen LogP contribution < -0.4 is 15.1 Å². The van der Waals surface area contributed by atoms with Crippen molar-refractivity contribution in [1.29, 1.82) is 0 Å². The molecule has 2 aliphatic heterocycles. The Labute approximate surface area is 175 Å². The number of cyclic esters (lactones) is 1. The smallest absolute Gasteiger partial charge is 0.414 e. The van der Waals surface area contributed by atoms with E-state index < -0.39 is 17.7 Å². The first-order valence-corrected chi connectivity index (χ1v) is 10.3. The molecule has 1 aromatic carbocycles. The molecule has 0 radical (unpaired) electrons. The Morgan fingerprint density at radius 3 is 2.55 bits per heavy atom. The van der Waals surface area contributed by atoms with E-state index in [2.05, 4.69) is 5.32 Å². The van der Waals surface area contributed by atoms with E-state index in [1.54, 1.807) is 46.7 Å². The number of hydrogen-bond acceptors (Lipinski definition) is 6. The third-order valence-electron chi connectivity index (χ3n) is 4.63. The topological polar surface area (TPSA) is 88.2 Å². The standard InChI is InChI=1S/C19H18ClN3O5S/c20-17(21-18(25)15-2-1-9-29-15)14-10-23(19(26)28-14)13-5-3-12(4-6-13)22-7-8-27-11-16(22)24/h1-6,9,14,17H,7-8,10-11H2,(H,21,25). The van der Waals surface area contributed by atoms with Crippen LogP contribution in [0.1, 0.15) is 9.67 Å². The molecule has 29 heavy (non-hydrogen) atoms. The lowest BCUT2D eigenvalue weighted by Crippen LogP contribution is -2.41. The molecule has 4 rings (SSSR count). The summed E-state index contributed by atoms with van der Waals surface area (Å²) in [6.45, 7) is 1.25. The maximum atomic E-state index is 12.3. The molecule has 3 heterocycles. The molecule has 2 atom stereocenters. The number of amides is 3. The molecule has 8 nitrogen and oxygen atoms in total. The van der Waals surface area contributed by atoms with Crippen molar-refractivity contribution in [3.63, 3.8) is 0 Å². The van der Waals surface area contributed by atoms with E-state index in [-0.39, 0.29) is 25.0 Å². The van der Waals surface area contributed by atoms with Crippen LogP contribution in [0.25, 0.3) is 0 Å². The summed E-state index contributed by atoms with van der Waals surface area (Å²) in [4.78, 5) is 40.0. The highest BCUT2D eigenvalue weighted by Crippen LogP contribution is 2.27. The van der Waals surface area contributed by atoms with Crippen LogP contribution in [0.3, 0.4) is 0 Å². The molecule has 1 aromatic heterocycles. The minimum Gasteiger partial charge on any atom is -0.440 e. The molecule has 0 spiro atoms. The predicted molar refractivity (Wildman–Crippen MR) is 109 cm³/mol. The first kappa shape index (κ1) is 19.7. The minimum atomic E-state index is -0.858. The molecule has 2 saturated heterocycles. The number of benzene rings is 1. The third kappa shape index (κ3) is 4.21. The molecular weight excluding hydrogens is 418 g/mol. The number of nitrogens with one attached hydrogen (secondary N) is 1. The Balaban J connectivity index is 1.40. The summed E-state index contributed by atoms with van der Waals surface area (Å²) in [6, 6.07) is 10.5. The number of anilines is 2. The number of halogens is 1. The number of rotatable bonds is 5. The number of ether oxygens (including phenoxy) is 2. The van der Waals surface area contributed by atoms with Crippen molar-refractivity contribution in [2.75, 3.05) is 36.1 Å². The van der Waals surface area contributed by atoms with Gasteiger partial charge in [0.05, 0.1) is 18.0 Å². The van der Waals surface area contributed by atoms with E-state index in [4.69, 9.17) is 21.1 Å². The van der Waals surface area contributed by atoms with Gasteiger partial charge < -0.3 is 19.7 Å². The molecule has 2 aromatic rings. The number of thiophene rings is 1. The number of carbonyl (C=O) groups excluding carboxylic acids is 3. The van der Waals surface area contributed by atoms with E-state index in [1.807, 2.05) is 0 Å². The largest absolute Gasteiger partial charge is 0.440 e. The fourth-order valence-electron chi connectivity index (χ4n) is 3.15. The number of carbonyl (C=O) groups is 3. The van der Waals surface area contributed by atoms with Gasteiger partial charge in [0.2, 0.25) is 0 Å². The van der Waals surface area contributed by atoms with Crippen molar-refractivity contribution in [2.24, 2.45) is 0 Å². The second-order valence-corrected chi connectivity index (χ2v) is 7.92. The first-order chi connectivity index (χ1) is 14.0. The molecular formula is C19H18ClN3O5S. The monoisotopic (exact) mass is 435 g/mol. The Kier molecular flexibility index (Phi) is 5.70. The summed E-state index contributed by atoms with van der Waals surface area (Å²) in [5.74, 6) is -0.412. The third-order valence-corrected chi connectivity index (χ3v) is 5.89. The van der Waals surface area contributed by atoms with Gasteiger partial charge in [-0.3, -0.25) is 14.5 Å². The molecule has 2 unspecified atom stereocenters. The van der Waals surface area contributed by atoms with Crippen molar-refractivity contribution < 1.29 is 23.9 Å². The van der Waals surface area contributed by atoms with Crippen molar-refractivity contribution in [3.05, 3.63) is 46.7 Å². The van der Waals surface area contributed by atoms with Gasteiger partial charge in [-0.25, -0.2) is 4.79 Å². The van der Waals surface area contributed by atoms with Crippen LogP contribution in [0.2, 0.25) is 0 Å². The zero-order valence-corrected chi connectivity index (χ0v) is 16.8. The summed E-state index contributed by atoms with van der Waals surface area (Å²) >= 11 is 7.57. The quantitative estimate of drug-likeness (QED) is 0.575. The maximum Gasteiger partial charge on any atom is 0.414 e. The Bertz CT molecular complexity index is 905. The van der Waals surface area contributed by atoms with Crippen LogP contribution in [-0.2, 0) is 14.3 Å². The van der Waals surface area contributed by atoms with E-state index in [0.29, 0.717) is 23.7 Å². The van der Waals surface area contributed by atoms with Gasteiger partial charge >= 0.3 is 6.09 Å². The Morgan fingerprint density at radius 1 is 1.17 bits per heavy atom. The number of morpholine rings is 1. The van der Waals surface area contributed by atoms with Gasteiger partial charge in [-0.05, 0) is 35.7 Å². The fraction of sp³-hybridized carbons (Fsp3) is 0.316. The van der Waals surface area contributed by atoms with Gasteiger partial charge in [0.25, 0.3) is 11.8 Å². The average Bonchev–Trinajstić information content (AvgIpc) is 3.39. The summed E-state index contributed by atoms with van der Waals surface area (Å²) in [5, 5.41) is 4.45. The van der Waals surface area contributed by atoms with E-state index in [9.17, 15) is 14.4 Å². The van der Waals surface area contributed by atoms with E-state index >= 15 is 0 Å². The number of hydrogen-bond donors (Lipinski definition) is 1. The summed E-state index contributed by atoms with van der Waals surface area (Å²) in [5.41, 5.74) is 0.504. The summed E-state index contributed by atoms with van der Waals surface area (Å²) < 4.78 is 10.5. The first-order valence-electron chi connectivity index (χ1n) is 8.97. The molecule has 0 bridgehead atoms. The second-order valence-electron chi connectivity index (χ2n) is 6.50. The van der Waals surface area contributed by atoms with Crippen molar-refractivity contribution in [3.8, 4) is 0 Å². The summed E-state index contributed by atoms with van der Waals surface area (Å²) in [7, 11) is 0. The number of nitrogens with zero attached hydrogens (tertiary/aromatic N) is 2. The van der Waals surface area contributed by atoms with Crippen LogP contribution in [-0.4, -0.2) is 55.8 Å². The van der Waals surface area contributed by atoms with Gasteiger partial charge in [-0.1, -0.05) is 17.7 Å². The lowest BCUT2D eigenvalue weighted by atomic mass is 10.2. The van der Waals surface area contributed by atoms with Gasteiger partial charge in [-0.2, -0.15) is 0 Å². The molecule has 2 aliphatic rings. The fourth-order valence-corrected chi connectivity index (χ4v) is 4.01. The second kappa shape index (κ2) is 8.40. The normalized spacial score (nSPS) is 20.5. The highest BCUT2D eigenvalue weighted by Gasteiger charge is 2.37.